The predicted octanol–water partition coefficient (Wildman–Crippen LogP) is 4.53. The summed E-state index contributed by atoms with van der Waals surface area (Å²) >= 11 is 6.07. The van der Waals surface area contributed by atoms with Crippen molar-refractivity contribution in [2.45, 2.75) is 6.54 Å². The number of hydrogen-bond donors (Lipinski definition) is 2. The van der Waals surface area contributed by atoms with Crippen molar-refractivity contribution in [3.8, 4) is 5.75 Å². The first-order valence-corrected chi connectivity index (χ1v) is 9.01. The van der Waals surface area contributed by atoms with Crippen LogP contribution in [0, 0.1) is 0 Å². The number of ether oxygens (including phenoxy) is 1. The summed E-state index contributed by atoms with van der Waals surface area (Å²) < 4.78 is 5.12. The first-order chi connectivity index (χ1) is 13.6. The fourth-order valence-corrected chi connectivity index (χ4v) is 2.77. The van der Waals surface area contributed by atoms with Gasteiger partial charge in [0.1, 0.15) is 5.75 Å². The molecule has 28 heavy (non-hydrogen) atoms. The molecule has 3 rings (SSSR count). The Morgan fingerprint density at radius 2 is 1.57 bits per heavy atom. The van der Waals surface area contributed by atoms with Crippen LogP contribution in [0.5, 0.6) is 5.75 Å². The molecule has 0 saturated carbocycles. The second-order valence-corrected chi connectivity index (χ2v) is 6.45. The summed E-state index contributed by atoms with van der Waals surface area (Å²) in [6.45, 7) is 0.374. The number of methoxy groups -OCH3 is 1. The molecule has 0 atom stereocenters. The smallest absolute Gasteiger partial charge is 0.255 e. The number of hydrogen-bond acceptors (Lipinski definition) is 3. The third kappa shape index (κ3) is 4.90. The number of nitrogens with one attached hydrogen (secondary N) is 2. The summed E-state index contributed by atoms with van der Waals surface area (Å²) in [7, 11) is 1.60. The van der Waals surface area contributed by atoms with Gasteiger partial charge in [-0.2, -0.15) is 0 Å². The lowest BCUT2D eigenvalue weighted by molar-refractivity contribution is 0.0951. The van der Waals surface area contributed by atoms with Crippen LogP contribution in [0.1, 0.15) is 26.3 Å². The molecule has 0 heterocycles. The van der Waals surface area contributed by atoms with Gasteiger partial charge in [-0.15, -0.1) is 0 Å². The first kappa shape index (κ1) is 19.5. The second-order valence-electron chi connectivity index (χ2n) is 6.05. The average molecular weight is 395 g/mol. The number of para-hydroxylation sites is 1. The summed E-state index contributed by atoms with van der Waals surface area (Å²) in [6.07, 6.45) is 0. The molecule has 6 heteroatoms. The lowest BCUT2D eigenvalue weighted by atomic mass is 10.1. The van der Waals surface area contributed by atoms with Crippen LogP contribution in [-0.2, 0) is 6.54 Å². The van der Waals surface area contributed by atoms with E-state index in [0.717, 1.165) is 11.3 Å². The molecule has 0 spiro atoms. The quantitative estimate of drug-likeness (QED) is 0.645. The van der Waals surface area contributed by atoms with Crippen molar-refractivity contribution in [1.82, 2.24) is 5.32 Å². The summed E-state index contributed by atoms with van der Waals surface area (Å²) in [5.41, 5.74) is 2.24. The Labute approximate surface area is 168 Å². The van der Waals surface area contributed by atoms with E-state index >= 15 is 0 Å². The van der Waals surface area contributed by atoms with Crippen LogP contribution >= 0.6 is 11.6 Å². The zero-order chi connectivity index (χ0) is 19.9. The molecular weight excluding hydrogens is 376 g/mol. The van der Waals surface area contributed by atoms with E-state index in [2.05, 4.69) is 10.6 Å². The van der Waals surface area contributed by atoms with Gasteiger partial charge in [-0.05, 0) is 48.0 Å². The maximum atomic E-state index is 12.5. The van der Waals surface area contributed by atoms with Crippen molar-refractivity contribution in [2.24, 2.45) is 0 Å². The molecule has 0 aliphatic heterocycles. The molecular formula is C22H19ClN2O3. The van der Waals surface area contributed by atoms with E-state index in [-0.39, 0.29) is 11.8 Å². The first-order valence-electron chi connectivity index (χ1n) is 8.64. The van der Waals surface area contributed by atoms with Crippen LogP contribution < -0.4 is 15.4 Å². The maximum Gasteiger partial charge on any atom is 0.255 e. The number of anilines is 1. The van der Waals surface area contributed by atoms with Crippen LogP contribution in [0.2, 0.25) is 5.02 Å². The Morgan fingerprint density at radius 1 is 0.893 bits per heavy atom. The van der Waals surface area contributed by atoms with Crippen molar-refractivity contribution in [1.29, 1.82) is 0 Å². The van der Waals surface area contributed by atoms with Gasteiger partial charge in [-0.25, -0.2) is 0 Å². The van der Waals surface area contributed by atoms with E-state index in [1.54, 1.807) is 55.6 Å². The molecule has 0 aliphatic carbocycles. The third-order valence-corrected chi connectivity index (χ3v) is 4.45. The fraction of sp³-hybridized carbons (Fsp3) is 0.0909. The van der Waals surface area contributed by atoms with Crippen LogP contribution in [0.3, 0.4) is 0 Å². The summed E-state index contributed by atoms with van der Waals surface area (Å²) in [5, 5.41) is 6.04. The van der Waals surface area contributed by atoms with Gasteiger partial charge >= 0.3 is 0 Å². The largest absolute Gasteiger partial charge is 0.497 e. The Bertz CT molecular complexity index is 987. The number of benzene rings is 3. The summed E-state index contributed by atoms with van der Waals surface area (Å²) in [6, 6.07) is 20.9. The molecule has 3 aromatic carbocycles. The summed E-state index contributed by atoms with van der Waals surface area (Å²) in [5.74, 6) is 0.161. The molecule has 0 unspecified atom stereocenters. The molecule has 5 nitrogen and oxygen atoms in total. The van der Waals surface area contributed by atoms with Gasteiger partial charge in [-0.1, -0.05) is 41.9 Å². The number of rotatable bonds is 6. The standard InChI is InChI=1S/C22H19ClN2O3/c1-28-18-11-9-15(10-12-18)14-24-21(26)16-5-4-6-17(13-16)22(27)25-20-8-3-2-7-19(20)23/h2-13H,14H2,1H3,(H,24,26)(H,25,27). The molecule has 0 bridgehead atoms. The fourth-order valence-electron chi connectivity index (χ4n) is 2.59. The highest BCUT2D eigenvalue weighted by Gasteiger charge is 2.12. The van der Waals surface area contributed by atoms with Crippen molar-refractivity contribution in [3.05, 3.63) is 94.5 Å². The Balaban J connectivity index is 1.65. The lowest BCUT2D eigenvalue weighted by Crippen LogP contribution is -2.23. The highest BCUT2D eigenvalue weighted by Crippen LogP contribution is 2.21. The number of halogens is 1. The van der Waals surface area contributed by atoms with Gasteiger partial charge in [0.15, 0.2) is 0 Å². The maximum absolute atomic E-state index is 12.5. The van der Waals surface area contributed by atoms with Crippen molar-refractivity contribution in [2.75, 3.05) is 12.4 Å². The van der Waals surface area contributed by atoms with Gasteiger partial charge in [0.2, 0.25) is 0 Å². The van der Waals surface area contributed by atoms with Gasteiger partial charge < -0.3 is 15.4 Å². The summed E-state index contributed by atoms with van der Waals surface area (Å²) in [4.78, 5) is 24.9. The lowest BCUT2D eigenvalue weighted by Gasteiger charge is -2.09. The Morgan fingerprint density at radius 3 is 2.25 bits per heavy atom. The van der Waals surface area contributed by atoms with E-state index in [1.807, 2.05) is 24.3 Å². The van der Waals surface area contributed by atoms with Gasteiger partial charge in [0.05, 0.1) is 17.8 Å². The van der Waals surface area contributed by atoms with E-state index in [1.165, 1.54) is 0 Å². The van der Waals surface area contributed by atoms with Gasteiger partial charge in [0, 0.05) is 17.7 Å². The normalized spacial score (nSPS) is 10.2. The zero-order valence-electron chi connectivity index (χ0n) is 15.2. The minimum absolute atomic E-state index is 0.261. The number of amides is 2. The van der Waals surface area contributed by atoms with Gasteiger partial charge in [0.25, 0.3) is 11.8 Å². The second kappa shape index (κ2) is 9.06. The van der Waals surface area contributed by atoms with Crippen LogP contribution in [0.25, 0.3) is 0 Å². The Hall–Kier alpha value is -3.31. The van der Waals surface area contributed by atoms with E-state index in [9.17, 15) is 9.59 Å². The molecule has 0 radical (unpaired) electrons. The predicted molar refractivity (Wildman–Crippen MR) is 110 cm³/mol. The monoisotopic (exact) mass is 394 g/mol. The van der Waals surface area contributed by atoms with Crippen molar-refractivity contribution >= 4 is 29.1 Å². The van der Waals surface area contributed by atoms with Crippen molar-refractivity contribution in [3.63, 3.8) is 0 Å². The molecule has 0 aliphatic rings. The molecule has 2 amide bonds. The molecule has 3 aromatic rings. The highest BCUT2D eigenvalue weighted by atomic mass is 35.5. The molecule has 0 saturated heterocycles. The number of carbonyl (C=O) groups is 2. The minimum atomic E-state index is -0.335. The average Bonchev–Trinajstić information content (AvgIpc) is 2.74. The van der Waals surface area contributed by atoms with Crippen LogP contribution in [-0.4, -0.2) is 18.9 Å². The molecule has 0 aromatic heterocycles. The van der Waals surface area contributed by atoms with Crippen LogP contribution in [0.15, 0.2) is 72.8 Å². The third-order valence-electron chi connectivity index (χ3n) is 4.12. The van der Waals surface area contributed by atoms with Gasteiger partial charge in [-0.3, -0.25) is 9.59 Å². The van der Waals surface area contributed by atoms with Crippen LogP contribution in [0.4, 0.5) is 5.69 Å². The molecule has 0 fully saturated rings. The van der Waals surface area contributed by atoms with Crippen molar-refractivity contribution < 1.29 is 14.3 Å². The topological polar surface area (TPSA) is 67.4 Å². The Kier molecular flexibility index (Phi) is 6.29. The number of carbonyl (C=O) groups excluding carboxylic acids is 2. The van der Waals surface area contributed by atoms with E-state index < -0.39 is 0 Å². The molecule has 2 N–H and O–H groups in total. The molecule has 142 valence electrons. The zero-order valence-corrected chi connectivity index (χ0v) is 16.0. The van der Waals surface area contributed by atoms with E-state index in [4.69, 9.17) is 16.3 Å². The minimum Gasteiger partial charge on any atom is -0.497 e. The van der Waals surface area contributed by atoms with E-state index in [0.29, 0.717) is 28.4 Å². The highest BCUT2D eigenvalue weighted by molar-refractivity contribution is 6.33. The SMILES string of the molecule is COc1ccc(CNC(=O)c2cccc(C(=O)Nc3ccccc3Cl)c2)cc1.